The van der Waals surface area contributed by atoms with Crippen LogP contribution in [0.3, 0.4) is 0 Å². The Bertz CT molecular complexity index is 1610. The first kappa shape index (κ1) is 27.2. The zero-order valence-electron chi connectivity index (χ0n) is 21.9. The van der Waals surface area contributed by atoms with Crippen LogP contribution in [0.15, 0.2) is 59.5 Å². The van der Waals surface area contributed by atoms with Gasteiger partial charge in [-0.05, 0) is 49.2 Å². The third-order valence-corrected chi connectivity index (χ3v) is 8.15. The molecular weight excluding hydrogens is 504 g/mol. The van der Waals surface area contributed by atoms with Crippen LogP contribution in [0.25, 0.3) is 21.7 Å². The van der Waals surface area contributed by atoms with E-state index in [1.54, 1.807) is 44.4 Å². The van der Waals surface area contributed by atoms with Crippen molar-refractivity contribution in [3.63, 3.8) is 0 Å². The third-order valence-electron chi connectivity index (χ3n) is 6.63. The number of sulfonamides is 1. The van der Waals surface area contributed by atoms with Crippen LogP contribution in [0.5, 0.6) is 5.75 Å². The fourth-order valence-electron chi connectivity index (χ4n) is 4.69. The van der Waals surface area contributed by atoms with Crippen LogP contribution >= 0.6 is 0 Å². The summed E-state index contributed by atoms with van der Waals surface area (Å²) in [6.07, 6.45) is 1.24. The van der Waals surface area contributed by atoms with Gasteiger partial charge in [-0.25, -0.2) is 13.1 Å². The monoisotopic (exact) mass is 536 g/mol. The highest BCUT2D eigenvalue weighted by molar-refractivity contribution is 7.89. The molecule has 1 heterocycles. The molecule has 0 saturated carbocycles. The molecule has 3 aromatic carbocycles. The molecule has 0 aliphatic heterocycles. The molecule has 2 N–H and O–H groups in total. The SMILES string of the molecule is COc1ccc2c(c1)c(CC(=O)NCCCNS(=O)(=O)c1cccc3c(N(C)C)cccc13)c(C)n2C=O. The van der Waals surface area contributed by atoms with E-state index in [1.807, 2.05) is 43.3 Å². The van der Waals surface area contributed by atoms with Crippen molar-refractivity contribution in [3.05, 3.63) is 65.9 Å². The van der Waals surface area contributed by atoms with Crippen LogP contribution in [0.2, 0.25) is 0 Å². The van der Waals surface area contributed by atoms with Crippen molar-refractivity contribution < 1.29 is 22.7 Å². The standard InChI is InChI=1S/C28H32N4O5S/c1-19-23(24-16-20(37-4)12-13-26(24)32(19)18-33)17-28(34)29-14-7-15-30-38(35,36)27-11-6-8-21-22(27)9-5-10-25(21)31(2)3/h5-6,8-13,16,18,30H,7,14-15,17H2,1-4H3,(H,29,34). The fraction of sp³-hybridized carbons (Fsp3) is 0.286. The number of methoxy groups -OCH3 is 1. The van der Waals surface area contributed by atoms with Crippen LogP contribution in [-0.2, 0) is 26.0 Å². The third kappa shape index (κ3) is 5.36. The lowest BCUT2D eigenvalue weighted by molar-refractivity contribution is -0.120. The second-order valence-electron chi connectivity index (χ2n) is 9.22. The van der Waals surface area contributed by atoms with Gasteiger partial charge in [0, 0.05) is 54.7 Å². The minimum Gasteiger partial charge on any atom is -0.497 e. The molecule has 0 radical (unpaired) electrons. The summed E-state index contributed by atoms with van der Waals surface area (Å²) < 4.78 is 35.6. The molecule has 0 spiro atoms. The Kier molecular flexibility index (Phi) is 8.03. The molecule has 1 amide bonds. The van der Waals surface area contributed by atoms with E-state index in [0.717, 1.165) is 28.4 Å². The number of rotatable bonds is 11. The Labute approximate surface area is 222 Å². The molecule has 9 nitrogen and oxygen atoms in total. The van der Waals surface area contributed by atoms with Gasteiger partial charge >= 0.3 is 0 Å². The second-order valence-corrected chi connectivity index (χ2v) is 11.0. The zero-order chi connectivity index (χ0) is 27.4. The number of benzene rings is 3. The van der Waals surface area contributed by atoms with E-state index in [-0.39, 0.29) is 23.8 Å². The van der Waals surface area contributed by atoms with E-state index < -0.39 is 10.0 Å². The van der Waals surface area contributed by atoms with Gasteiger partial charge < -0.3 is 15.0 Å². The molecule has 200 valence electrons. The molecule has 38 heavy (non-hydrogen) atoms. The van der Waals surface area contributed by atoms with E-state index in [1.165, 1.54) is 4.57 Å². The molecule has 10 heteroatoms. The molecule has 0 atom stereocenters. The van der Waals surface area contributed by atoms with E-state index in [0.29, 0.717) is 35.3 Å². The second kappa shape index (κ2) is 11.2. The van der Waals surface area contributed by atoms with Crippen molar-refractivity contribution in [1.29, 1.82) is 0 Å². The van der Waals surface area contributed by atoms with Gasteiger partial charge in [0.25, 0.3) is 0 Å². The van der Waals surface area contributed by atoms with Gasteiger partial charge in [0.15, 0.2) is 0 Å². The predicted molar refractivity (Wildman–Crippen MR) is 150 cm³/mol. The van der Waals surface area contributed by atoms with Gasteiger partial charge in [0.2, 0.25) is 22.3 Å². The lowest BCUT2D eigenvalue weighted by Gasteiger charge is -2.17. The highest BCUT2D eigenvalue weighted by atomic mass is 32.2. The molecule has 4 rings (SSSR count). The summed E-state index contributed by atoms with van der Waals surface area (Å²) in [6, 6.07) is 16.2. The van der Waals surface area contributed by atoms with Crippen LogP contribution in [0.1, 0.15) is 17.7 Å². The zero-order valence-corrected chi connectivity index (χ0v) is 22.8. The molecule has 4 aromatic rings. The summed E-state index contributed by atoms with van der Waals surface area (Å²) in [7, 11) is 1.65. The van der Waals surface area contributed by atoms with Gasteiger partial charge in [-0.1, -0.05) is 24.3 Å². The maximum absolute atomic E-state index is 13.1. The molecule has 0 aliphatic carbocycles. The molecule has 0 bridgehead atoms. The molecule has 0 aliphatic rings. The fourth-order valence-corrected chi connectivity index (χ4v) is 5.98. The van der Waals surface area contributed by atoms with Gasteiger partial charge in [-0.2, -0.15) is 0 Å². The van der Waals surface area contributed by atoms with Gasteiger partial charge in [-0.3, -0.25) is 14.2 Å². The minimum absolute atomic E-state index is 0.0896. The average molecular weight is 537 g/mol. The number of amides is 1. The molecular formula is C28H32N4O5S. The van der Waals surface area contributed by atoms with Gasteiger partial charge in [0.05, 0.1) is 23.9 Å². The van der Waals surface area contributed by atoms with E-state index in [4.69, 9.17) is 4.74 Å². The Hall–Kier alpha value is -3.89. The summed E-state index contributed by atoms with van der Waals surface area (Å²) in [5.41, 5.74) is 3.09. The van der Waals surface area contributed by atoms with Crippen molar-refractivity contribution >= 4 is 49.7 Å². The first-order chi connectivity index (χ1) is 18.2. The van der Waals surface area contributed by atoms with Crippen molar-refractivity contribution in [3.8, 4) is 5.75 Å². The topological polar surface area (TPSA) is 110 Å². The summed E-state index contributed by atoms with van der Waals surface area (Å²) in [5.74, 6) is 0.424. The van der Waals surface area contributed by atoms with E-state index in [9.17, 15) is 18.0 Å². The summed E-state index contributed by atoms with van der Waals surface area (Å²) >= 11 is 0. The Morgan fingerprint density at radius 1 is 1.03 bits per heavy atom. The molecule has 0 unspecified atom stereocenters. The number of hydrogen-bond acceptors (Lipinski definition) is 6. The Morgan fingerprint density at radius 3 is 2.47 bits per heavy atom. The van der Waals surface area contributed by atoms with Crippen LogP contribution in [-0.4, -0.2) is 59.6 Å². The average Bonchev–Trinajstić information content (AvgIpc) is 3.16. The number of anilines is 1. The highest BCUT2D eigenvalue weighted by Crippen LogP contribution is 2.30. The largest absolute Gasteiger partial charge is 0.497 e. The summed E-state index contributed by atoms with van der Waals surface area (Å²) in [4.78, 5) is 26.5. The van der Waals surface area contributed by atoms with Crippen LogP contribution in [0.4, 0.5) is 5.69 Å². The maximum atomic E-state index is 13.1. The first-order valence-corrected chi connectivity index (χ1v) is 13.7. The van der Waals surface area contributed by atoms with Crippen molar-refractivity contribution in [2.24, 2.45) is 0 Å². The summed E-state index contributed by atoms with van der Waals surface area (Å²) in [6.45, 7) is 2.27. The number of carbonyl (C=O) groups is 2. The number of nitrogens with one attached hydrogen (secondary N) is 2. The minimum atomic E-state index is -3.74. The molecule has 0 saturated heterocycles. The summed E-state index contributed by atoms with van der Waals surface area (Å²) in [5, 5.41) is 5.14. The number of fused-ring (bicyclic) bond motifs is 2. The lowest BCUT2D eigenvalue weighted by atomic mass is 10.1. The predicted octanol–water partition coefficient (Wildman–Crippen LogP) is 3.24. The normalized spacial score (nSPS) is 11.6. The number of nitrogens with zero attached hydrogens (tertiary/aromatic N) is 2. The number of carbonyl (C=O) groups excluding carboxylic acids is 2. The van der Waals surface area contributed by atoms with Gasteiger partial charge in [-0.15, -0.1) is 0 Å². The van der Waals surface area contributed by atoms with Crippen LogP contribution < -0.4 is 19.7 Å². The Morgan fingerprint density at radius 2 is 1.76 bits per heavy atom. The highest BCUT2D eigenvalue weighted by Gasteiger charge is 2.19. The van der Waals surface area contributed by atoms with Crippen LogP contribution in [0, 0.1) is 6.92 Å². The number of aromatic nitrogens is 1. The maximum Gasteiger partial charge on any atom is 0.241 e. The lowest BCUT2D eigenvalue weighted by Crippen LogP contribution is -2.30. The van der Waals surface area contributed by atoms with Gasteiger partial charge in [0.1, 0.15) is 5.75 Å². The Balaban J connectivity index is 1.37. The molecule has 1 aromatic heterocycles. The first-order valence-electron chi connectivity index (χ1n) is 12.3. The van der Waals surface area contributed by atoms with Crippen molar-refractivity contribution in [2.45, 2.75) is 24.7 Å². The number of hydrogen-bond donors (Lipinski definition) is 2. The quantitative estimate of drug-likeness (QED) is 0.225. The van der Waals surface area contributed by atoms with Crippen molar-refractivity contribution in [1.82, 2.24) is 14.6 Å². The number of ether oxygens (including phenoxy) is 1. The molecule has 0 fully saturated rings. The smallest absolute Gasteiger partial charge is 0.241 e. The van der Waals surface area contributed by atoms with Crippen molar-refractivity contribution in [2.75, 3.05) is 39.2 Å². The van der Waals surface area contributed by atoms with E-state index in [2.05, 4.69) is 10.0 Å². The van der Waals surface area contributed by atoms with E-state index >= 15 is 0 Å².